The molecule has 1 aromatic rings. The summed E-state index contributed by atoms with van der Waals surface area (Å²) in [5.41, 5.74) is 1.20. The van der Waals surface area contributed by atoms with Gasteiger partial charge in [-0.15, -0.1) is 11.3 Å². The second-order valence-corrected chi connectivity index (χ2v) is 4.30. The maximum Gasteiger partial charge on any atom is 0.345 e. The summed E-state index contributed by atoms with van der Waals surface area (Å²) in [5, 5.41) is 8.76. The molecule has 0 radical (unpaired) electrons. The normalized spacial score (nSPS) is 16.1. The monoisotopic (exact) mass is 197 g/mol. The van der Waals surface area contributed by atoms with Crippen LogP contribution in [0.3, 0.4) is 0 Å². The van der Waals surface area contributed by atoms with E-state index in [0.29, 0.717) is 4.88 Å². The number of rotatable bonds is 2. The molecule has 0 aromatic carbocycles. The van der Waals surface area contributed by atoms with Gasteiger partial charge < -0.3 is 5.11 Å². The van der Waals surface area contributed by atoms with Crippen molar-refractivity contribution in [1.82, 2.24) is 4.90 Å². The number of carboxylic acid groups (broad SMARTS) is 1. The third kappa shape index (κ3) is 1.47. The van der Waals surface area contributed by atoms with E-state index in [2.05, 4.69) is 11.8 Å². The third-order valence-electron chi connectivity index (χ3n) is 2.32. The van der Waals surface area contributed by atoms with Gasteiger partial charge in [0.1, 0.15) is 4.88 Å². The number of nitrogens with zero attached hydrogens (tertiary/aromatic N) is 1. The van der Waals surface area contributed by atoms with Crippen LogP contribution >= 0.6 is 11.3 Å². The zero-order valence-corrected chi connectivity index (χ0v) is 8.23. The lowest BCUT2D eigenvalue weighted by atomic mass is 10.3. The van der Waals surface area contributed by atoms with Crippen molar-refractivity contribution in [2.24, 2.45) is 0 Å². The van der Waals surface area contributed by atoms with Crippen LogP contribution in [0.2, 0.25) is 0 Å². The van der Waals surface area contributed by atoms with E-state index in [0.717, 1.165) is 19.6 Å². The van der Waals surface area contributed by atoms with E-state index < -0.39 is 5.97 Å². The highest BCUT2D eigenvalue weighted by Gasteiger charge is 2.22. The Kier molecular flexibility index (Phi) is 2.09. The molecule has 2 rings (SSSR count). The van der Waals surface area contributed by atoms with Gasteiger partial charge >= 0.3 is 5.97 Å². The van der Waals surface area contributed by atoms with Gasteiger partial charge in [0.15, 0.2) is 0 Å². The lowest BCUT2D eigenvalue weighted by Crippen LogP contribution is -2.15. The number of hydrogen-bond acceptors (Lipinski definition) is 3. The molecule has 0 amide bonds. The second-order valence-electron chi connectivity index (χ2n) is 3.17. The van der Waals surface area contributed by atoms with E-state index in [-0.39, 0.29) is 0 Å². The molecule has 70 valence electrons. The fraction of sp³-hybridized carbons (Fsp3) is 0.444. The highest BCUT2D eigenvalue weighted by Crippen LogP contribution is 2.30. The van der Waals surface area contributed by atoms with Crippen LogP contribution < -0.4 is 0 Å². The Balaban J connectivity index is 2.23. The van der Waals surface area contributed by atoms with Crippen LogP contribution in [0.15, 0.2) is 6.07 Å². The molecule has 0 fully saturated rings. The van der Waals surface area contributed by atoms with Crippen LogP contribution in [0.4, 0.5) is 0 Å². The number of thiophene rings is 1. The van der Waals surface area contributed by atoms with Crippen molar-refractivity contribution in [3.63, 3.8) is 0 Å². The molecule has 1 aliphatic rings. The number of carboxylic acids is 1. The molecular formula is C9H11NO2S. The Hall–Kier alpha value is -0.870. The molecule has 2 heterocycles. The standard InChI is InChI=1S/C9H11NO2S/c1-2-10-4-6-3-7(9(11)12)13-8(6)5-10/h3H,2,4-5H2,1H3,(H,11,12). The maximum absolute atomic E-state index is 10.7. The van der Waals surface area contributed by atoms with Crippen molar-refractivity contribution in [1.29, 1.82) is 0 Å². The molecule has 3 nitrogen and oxygen atoms in total. The van der Waals surface area contributed by atoms with E-state index in [1.807, 2.05) is 0 Å². The van der Waals surface area contributed by atoms with Crippen molar-refractivity contribution in [3.8, 4) is 0 Å². The summed E-state index contributed by atoms with van der Waals surface area (Å²) in [6.45, 7) is 4.98. The predicted molar refractivity (Wildman–Crippen MR) is 51.1 cm³/mol. The van der Waals surface area contributed by atoms with Crippen LogP contribution in [-0.2, 0) is 13.1 Å². The fourth-order valence-electron chi connectivity index (χ4n) is 1.56. The van der Waals surface area contributed by atoms with Crippen LogP contribution in [0.1, 0.15) is 27.0 Å². The van der Waals surface area contributed by atoms with Crippen LogP contribution in [-0.4, -0.2) is 22.5 Å². The summed E-state index contributed by atoms with van der Waals surface area (Å²) in [4.78, 5) is 14.6. The molecule has 1 aromatic heterocycles. The highest BCUT2D eigenvalue weighted by atomic mass is 32.1. The Morgan fingerprint density at radius 2 is 2.46 bits per heavy atom. The first-order chi connectivity index (χ1) is 6.20. The average molecular weight is 197 g/mol. The minimum Gasteiger partial charge on any atom is -0.477 e. The summed E-state index contributed by atoms with van der Waals surface area (Å²) in [5.74, 6) is -0.803. The van der Waals surface area contributed by atoms with Gasteiger partial charge in [0.05, 0.1) is 0 Å². The Morgan fingerprint density at radius 1 is 1.69 bits per heavy atom. The van der Waals surface area contributed by atoms with Crippen molar-refractivity contribution < 1.29 is 9.90 Å². The second kappa shape index (κ2) is 3.12. The molecule has 0 saturated heterocycles. The summed E-state index contributed by atoms with van der Waals surface area (Å²) < 4.78 is 0. The van der Waals surface area contributed by atoms with Gasteiger partial charge in [0, 0.05) is 18.0 Å². The zero-order chi connectivity index (χ0) is 9.42. The first kappa shape index (κ1) is 8.72. The minimum atomic E-state index is -0.803. The van der Waals surface area contributed by atoms with Crippen LogP contribution in [0.5, 0.6) is 0 Å². The quantitative estimate of drug-likeness (QED) is 0.785. The Bertz CT molecular complexity index is 322. The number of hydrogen-bond donors (Lipinski definition) is 1. The van der Waals surface area contributed by atoms with E-state index in [4.69, 9.17) is 5.11 Å². The highest BCUT2D eigenvalue weighted by molar-refractivity contribution is 7.14. The number of carbonyl (C=O) groups is 1. The molecular weight excluding hydrogens is 186 g/mol. The van der Waals surface area contributed by atoms with Gasteiger partial charge in [-0.2, -0.15) is 0 Å². The van der Waals surface area contributed by atoms with Gasteiger partial charge in [0.25, 0.3) is 0 Å². The topological polar surface area (TPSA) is 40.5 Å². The first-order valence-electron chi connectivity index (χ1n) is 4.28. The predicted octanol–water partition coefficient (Wildman–Crippen LogP) is 1.78. The molecule has 0 atom stereocenters. The lowest BCUT2D eigenvalue weighted by molar-refractivity contribution is 0.0702. The largest absolute Gasteiger partial charge is 0.477 e. The fourth-order valence-corrected chi connectivity index (χ4v) is 2.62. The van der Waals surface area contributed by atoms with E-state index in [9.17, 15) is 4.79 Å². The molecule has 13 heavy (non-hydrogen) atoms. The van der Waals surface area contributed by atoms with Gasteiger partial charge in [0.2, 0.25) is 0 Å². The van der Waals surface area contributed by atoms with Crippen molar-refractivity contribution in [3.05, 3.63) is 21.4 Å². The van der Waals surface area contributed by atoms with Crippen molar-refractivity contribution >= 4 is 17.3 Å². The van der Waals surface area contributed by atoms with E-state index in [1.54, 1.807) is 6.07 Å². The molecule has 0 aliphatic carbocycles. The summed E-state index contributed by atoms with van der Waals surface area (Å²) >= 11 is 1.41. The molecule has 1 aliphatic heterocycles. The number of aromatic carboxylic acids is 1. The van der Waals surface area contributed by atoms with E-state index >= 15 is 0 Å². The lowest BCUT2D eigenvalue weighted by Gasteiger charge is -2.10. The van der Waals surface area contributed by atoms with Crippen molar-refractivity contribution in [2.75, 3.05) is 6.54 Å². The van der Waals surface area contributed by atoms with Gasteiger partial charge in [-0.05, 0) is 18.2 Å². The van der Waals surface area contributed by atoms with Crippen molar-refractivity contribution in [2.45, 2.75) is 20.0 Å². The maximum atomic E-state index is 10.7. The van der Waals surface area contributed by atoms with Gasteiger partial charge in [-0.1, -0.05) is 6.92 Å². The van der Waals surface area contributed by atoms with E-state index in [1.165, 1.54) is 21.8 Å². The molecule has 0 bridgehead atoms. The summed E-state index contributed by atoms with van der Waals surface area (Å²) in [6, 6.07) is 1.80. The zero-order valence-electron chi connectivity index (χ0n) is 7.41. The average Bonchev–Trinajstić information content (AvgIpc) is 2.58. The minimum absolute atomic E-state index is 0.473. The molecule has 0 saturated carbocycles. The first-order valence-corrected chi connectivity index (χ1v) is 5.09. The molecule has 1 N–H and O–H groups in total. The molecule has 4 heteroatoms. The smallest absolute Gasteiger partial charge is 0.345 e. The number of fused-ring (bicyclic) bond motifs is 1. The Labute approximate surface area is 80.6 Å². The van der Waals surface area contributed by atoms with Crippen LogP contribution in [0.25, 0.3) is 0 Å². The SMILES string of the molecule is CCN1Cc2cc(C(=O)O)sc2C1. The molecule has 0 spiro atoms. The van der Waals surface area contributed by atoms with Crippen LogP contribution in [0, 0.1) is 0 Å². The Morgan fingerprint density at radius 3 is 3.00 bits per heavy atom. The van der Waals surface area contributed by atoms with Gasteiger partial charge in [-0.25, -0.2) is 4.79 Å². The van der Waals surface area contributed by atoms with Gasteiger partial charge in [-0.3, -0.25) is 4.90 Å². The molecule has 0 unspecified atom stereocenters. The third-order valence-corrected chi connectivity index (χ3v) is 3.47. The summed E-state index contributed by atoms with van der Waals surface area (Å²) in [7, 11) is 0. The summed E-state index contributed by atoms with van der Waals surface area (Å²) in [6.07, 6.45) is 0.